The van der Waals surface area contributed by atoms with Crippen LogP contribution in [0.4, 0.5) is 13.6 Å². The first-order chi connectivity index (χ1) is 9.04. The molecule has 1 aliphatic heterocycles. The van der Waals surface area contributed by atoms with Crippen molar-refractivity contribution >= 4 is 6.09 Å². The van der Waals surface area contributed by atoms with Crippen LogP contribution < -0.4 is 0 Å². The van der Waals surface area contributed by atoms with E-state index < -0.39 is 42.8 Å². The molecule has 2 unspecified atom stereocenters. The monoisotopic (exact) mass is 295 g/mol. The Morgan fingerprint density at radius 3 is 2.60 bits per heavy atom. The van der Waals surface area contributed by atoms with Gasteiger partial charge in [0.15, 0.2) is 6.29 Å². The molecule has 0 aromatic rings. The zero-order valence-corrected chi connectivity index (χ0v) is 12.4. The summed E-state index contributed by atoms with van der Waals surface area (Å²) in [5.41, 5.74) is -0.752. The van der Waals surface area contributed by atoms with Gasteiger partial charge in [-0.2, -0.15) is 0 Å². The van der Waals surface area contributed by atoms with E-state index in [0.29, 0.717) is 0 Å². The SMILES string of the molecule is CCOC(O)C1CN(C(=O)OC(C)(C)C)CC(F)(F)C1. The van der Waals surface area contributed by atoms with Crippen LogP contribution in [0, 0.1) is 5.92 Å². The van der Waals surface area contributed by atoms with Gasteiger partial charge in [-0.15, -0.1) is 0 Å². The van der Waals surface area contributed by atoms with Crippen molar-refractivity contribution in [1.29, 1.82) is 0 Å². The number of rotatable bonds is 3. The van der Waals surface area contributed by atoms with Crippen molar-refractivity contribution in [3.05, 3.63) is 0 Å². The summed E-state index contributed by atoms with van der Waals surface area (Å²) in [5, 5.41) is 9.70. The molecule has 1 heterocycles. The van der Waals surface area contributed by atoms with Gasteiger partial charge in [0.2, 0.25) is 0 Å². The average molecular weight is 295 g/mol. The summed E-state index contributed by atoms with van der Waals surface area (Å²) in [7, 11) is 0. The van der Waals surface area contributed by atoms with E-state index in [1.807, 2.05) is 0 Å². The largest absolute Gasteiger partial charge is 0.444 e. The van der Waals surface area contributed by atoms with E-state index in [9.17, 15) is 18.7 Å². The summed E-state index contributed by atoms with van der Waals surface area (Å²) in [6, 6.07) is 0. The molecule has 7 heteroatoms. The highest BCUT2D eigenvalue weighted by molar-refractivity contribution is 5.68. The lowest BCUT2D eigenvalue weighted by atomic mass is 9.95. The fourth-order valence-corrected chi connectivity index (χ4v) is 2.10. The molecule has 1 saturated heterocycles. The molecule has 5 nitrogen and oxygen atoms in total. The molecule has 0 spiro atoms. The number of piperidine rings is 1. The van der Waals surface area contributed by atoms with Gasteiger partial charge in [0, 0.05) is 25.5 Å². The van der Waals surface area contributed by atoms with Gasteiger partial charge in [-0.3, -0.25) is 0 Å². The van der Waals surface area contributed by atoms with Crippen LogP contribution in [0.1, 0.15) is 34.1 Å². The molecule has 0 saturated carbocycles. The van der Waals surface area contributed by atoms with Crippen molar-refractivity contribution < 1.29 is 28.2 Å². The minimum atomic E-state index is -3.06. The van der Waals surface area contributed by atoms with Crippen LogP contribution in [-0.4, -0.2) is 53.6 Å². The number of alkyl halides is 2. The predicted octanol–water partition coefficient (Wildman–Crippen LogP) is 2.23. The van der Waals surface area contributed by atoms with Gasteiger partial charge in [0.25, 0.3) is 5.92 Å². The molecule has 0 radical (unpaired) electrons. The van der Waals surface area contributed by atoms with Crippen molar-refractivity contribution in [2.45, 2.75) is 51.9 Å². The quantitative estimate of drug-likeness (QED) is 0.811. The Bertz CT molecular complexity index is 344. The van der Waals surface area contributed by atoms with Gasteiger partial charge in [-0.1, -0.05) is 0 Å². The van der Waals surface area contributed by atoms with E-state index >= 15 is 0 Å². The van der Waals surface area contributed by atoms with Crippen LogP contribution >= 0.6 is 0 Å². The zero-order chi connectivity index (χ0) is 15.6. The molecule has 118 valence electrons. The van der Waals surface area contributed by atoms with E-state index in [2.05, 4.69) is 0 Å². The summed E-state index contributed by atoms with van der Waals surface area (Å²) in [4.78, 5) is 12.8. The number of nitrogens with zero attached hydrogens (tertiary/aromatic N) is 1. The third-order valence-corrected chi connectivity index (χ3v) is 2.83. The minimum Gasteiger partial charge on any atom is -0.444 e. The first-order valence-electron chi connectivity index (χ1n) is 6.69. The molecule has 0 bridgehead atoms. The van der Waals surface area contributed by atoms with Gasteiger partial charge in [-0.05, 0) is 27.7 Å². The van der Waals surface area contributed by atoms with Gasteiger partial charge in [-0.25, -0.2) is 13.6 Å². The highest BCUT2D eigenvalue weighted by Gasteiger charge is 2.45. The van der Waals surface area contributed by atoms with Crippen molar-refractivity contribution in [2.75, 3.05) is 19.7 Å². The molecule has 0 aromatic heterocycles. The Morgan fingerprint density at radius 2 is 2.10 bits per heavy atom. The number of ether oxygens (including phenoxy) is 2. The fraction of sp³-hybridized carbons (Fsp3) is 0.923. The fourth-order valence-electron chi connectivity index (χ4n) is 2.10. The van der Waals surface area contributed by atoms with Crippen molar-refractivity contribution in [3.63, 3.8) is 0 Å². The molecule has 0 aliphatic carbocycles. The van der Waals surface area contributed by atoms with E-state index in [-0.39, 0.29) is 13.2 Å². The lowest BCUT2D eigenvalue weighted by Gasteiger charge is -2.39. The van der Waals surface area contributed by atoms with Crippen molar-refractivity contribution in [3.8, 4) is 0 Å². The molecule has 20 heavy (non-hydrogen) atoms. The van der Waals surface area contributed by atoms with E-state index in [4.69, 9.17) is 9.47 Å². The zero-order valence-electron chi connectivity index (χ0n) is 12.4. The first kappa shape index (κ1) is 17.1. The number of likely N-dealkylation sites (tertiary alicyclic amines) is 1. The first-order valence-corrected chi connectivity index (χ1v) is 6.69. The summed E-state index contributed by atoms with van der Waals surface area (Å²) in [6.07, 6.45) is -2.62. The van der Waals surface area contributed by atoms with Crippen LogP contribution in [0.3, 0.4) is 0 Å². The lowest BCUT2D eigenvalue weighted by molar-refractivity contribution is -0.176. The van der Waals surface area contributed by atoms with Crippen molar-refractivity contribution in [2.24, 2.45) is 5.92 Å². The van der Waals surface area contributed by atoms with E-state index in [1.165, 1.54) is 0 Å². The average Bonchev–Trinajstić information content (AvgIpc) is 2.24. The Morgan fingerprint density at radius 1 is 1.50 bits per heavy atom. The smallest absolute Gasteiger partial charge is 0.410 e. The van der Waals surface area contributed by atoms with Crippen LogP contribution in [0.25, 0.3) is 0 Å². The Balaban J connectivity index is 2.74. The van der Waals surface area contributed by atoms with Crippen LogP contribution in [0.2, 0.25) is 0 Å². The molecule has 1 rings (SSSR count). The second-order valence-corrected chi connectivity index (χ2v) is 6.03. The Labute approximate surface area is 117 Å². The molecule has 1 N–H and O–H groups in total. The molecule has 1 fully saturated rings. The van der Waals surface area contributed by atoms with Gasteiger partial charge in [0.1, 0.15) is 5.60 Å². The molecule has 1 aliphatic rings. The predicted molar refractivity (Wildman–Crippen MR) is 68.5 cm³/mol. The number of aliphatic hydroxyl groups excluding tert-OH is 1. The van der Waals surface area contributed by atoms with Gasteiger partial charge in [0.05, 0.1) is 6.54 Å². The van der Waals surface area contributed by atoms with Crippen LogP contribution in [0.15, 0.2) is 0 Å². The van der Waals surface area contributed by atoms with Gasteiger partial charge >= 0.3 is 6.09 Å². The number of hydrogen-bond donors (Lipinski definition) is 1. The normalized spacial score (nSPS) is 24.4. The number of hydrogen-bond acceptors (Lipinski definition) is 4. The van der Waals surface area contributed by atoms with Crippen LogP contribution in [0.5, 0.6) is 0 Å². The highest BCUT2D eigenvalue weighted by atomic mass is 19.3. The van der Waals surface area contributed by atoms with E-state index in [0.717, 1.165) is 4.90 Å². The molecular formula is C13H23F2NO4. The summed E-state index contributed by atoms with van der Waals surface area (Å²) >= 11 is 0. The Kier molecular flexibility index (Phi) is 5.32. The second-order valence-electron chi connectivity index (χ2n) is 6.03. The lowest BCUT2D eigenvalue weighted by Crippen LogP contribution is -2.53. The number of aliphatic hydroxyl groups is 1. The Hall–Kier alpha value is -0.950. The second kappa shape index (κ2) is 6.22. The number of amides is 1. The minimum absolute atomic E-state index is 0.00826. The molecule has 0 aromatic carbocycles. The maximum Gasteiger partial charge on any atom is 0.410 e. The molecule has 1 amide bonds. The summed E-state index contributed by atoms with van der Waals surface area (Å²) < 4.78 is 37.4. The summed E-state index contributed by atoms with van der Waals surface area (Å²) in [5.74, 6) is -3.89. The topological polar surface area (TPSA) is 59.0 Å². The molecular weight excluding hydrogens is 272 g/mol. The number of carbonyl (C=O) groups excluding carboxylic acids is 1. The highest BCUT2D eigenvalue weighted by Crippen LogP contribution is 2.33. The van der Waals surface area contributed by atoms with Crippen molar-refractivity contribution in [1.82, 2.24) is 4.90 Å². The summed E-state index contributed by atoms with van der Waals surface area (Å²) in [6.45, 7) is 6.17. The van der Waals surface area contributed by atoms with E-state index in [1.54, 1.807) is 27.7 Å². The number of carbonyl (C=O) groups is 1. The number of halogens is 2. The van der Waals surface area contributed by atoms with Crippen LogP contribution in [-0.2, 0) is 9.47 Å². The molecule has 2 atom stereocenters. The van der Waals surface area contributed by atoms with Gasteiger partial charge < -0.3 is 19.5 Å². The maximum atomic E-state index is 13.7. The third-order valence-electron chi connectivity index (χ3n) is 2.83. The maximum absolute atomic E-state index is 13.7. The standard InChI is InChI=1S/C13H23F2NO4/c1-5-19-10(17)9-6-13(14,15)8-16(7-9)11(18)20-12(2,3)4/h9-10,17H,5-8H2,1-4H3. The third kappa shape index (κ3) is 5.20.